The lowest BCUT2D eigenvalue weighted by Gasteiger charge is -2.07. The van der Waals surface area contributed by atoms with Gasteiger partial charge in [-0.05, 0) is 72.8 Å². The van der Waals surface area contributed by atoms with Crippen LogP contribution in [0.5, 0.6) is 0 Å². The van der Waals surface area contributed by atoms with Crippen molar-refractivity contribution in [1.82, 2.24) is 15.1 Å². The van der Waals surface area contributed by atoms with Crippen molar-refractivity contribution in [2.24, 2.45) is 5.92 Å². The third-order valence-corrected chi connectivity index (χ3v) is 4.97. The number of carbonyl (C=O) groups is 1. The third kappa shape index (κ3) is 3.02. The fourth-order valence-corrected chi connectivity index (χ4v) is 2.54. The molecule has 1 aliphatic carbocycles. The number of hydrogen-bond acceptors (Lipinski definition) is 2. The molecule has 1 aliphatic rings. The summed E-state index contributed by atoms with van der Waals surface area (Å²) in [4.78, 5) is 12.0. The number of nitrogens with one attached hydrogen (secondary N) is 1. The first-order valence-electron chi connectivity index (χ1n) is 7.16. The van der Waals surface area contributed by atoms with Gasteiger partial charge in [-0.15, -0.1) is 0 Å². The predicted octanol–water partition coefficient (Wildman–Crippen LogP) is 3.39. The van der Waals surface area contributed by atoms with Gasteiger partial charge in [0.05, 0.1) is 21.5 Å². The van der Waals surface area contributed by atoms with Gasteiger partial charge in [0.1, 0.15) is 0 Å². The number of nitrogens with zero attached hydrogens (tertiary/aromatic N) is 2. The van der Waals surface area contributed by atoms with Crippen molar-refractivity contribution in [3.05, 3.63) is 45.7 Å². The van der Waals surface area contributed by atoms with E-state index in [4.69, 9.17) is 0 Å². The molecule has 1 amide bonds. The Morgan fingerprint density at radius 1 is 1.33 bits per heavy atom. The van der Waals surface area contributed by atoms with Gasteiger partial charge in [-0.2, -0.15) is 5.10 Å². The van der Waals surface area contributed by atoms with Crippen LogP contribution in [0, 0.1) is 19.8 Å². The topological polar surface area (TPSA) is 46.9 Å². The van der Waals surface area contributed by atoms with Crippen molar-refractivity contribution in [2.75, 3.05) is 6.54 Å². The van der Waals surface area contributed by atoms with Gasteiger partial charge in [-0.3, -0.25) is 4.79 Å². The molecule has 0 radical (unpaired) electrons. The Morgan fingerprint density at radius 2 is 2.00 bits per heavy atom. The van der Waals surface area contributed by atoms with Gasteiger partial charge in [0.25, 0.3) is 5.91 Å². The first kappa shape index (κ1) is 14.3. The van der Waals surface area contributed by atoms with Gasteiger partial charge < -0.3 is 5.32 Å². The van der Waals surface area contributed by atoms with Crippen LogP contribution < -0.4 is 5.32 Å². The van der Waals surface area contributed by atoms with Crippen LogP contribution >= 0.6 is 15.9 Å². The molecule has 1 aromatic carbocycles. The van der Waals surface area contributed by atoms with Crippen LogP contribution in [-0.2, 0) is 0 Å². The van der Waals surface area contributed by atoms with Crippen LogP contribution in [-0.4, -0.2) is 22.2 Å². The van der Waals surface area contributed by atoms with Crippen molar-refractivity contribution < 1.29 is 4.79 Å². The lowest BCUT2D eigenvalue weighted by Crippen LogP contribution is -2.25. The molecule has 5 heteroatoms. The fourth-order valence-electron chi connectivity index (χ4n) is 2.29. The molecule has 1 N–H and O–H groups in total. The van der Waals surface area contributed by atoms with Crippen LogP contribution in [0.1, 0.15) is 34.6 Å². The molecule has 3 rings (SSSR count). The van der Waals surface area contributed by atoms with Gasteiger partial charge in [-0.1, -0.05) is 0 Å². The van der Waals surface area contributed by atoms with Crippen molar-refractivity contribution >= 4 is 21.8 Å². The molecule has 1 heterocycles. The SMILES string of the molecule is Cc1nn(-c2ccc(C(=O)NCC3CC3)cc2)c(C)c1Br. The summed E-state index contributed by atoms with van der Waals surface area (Å²) in [6.07, 6.45) is 2.48. The first-order valence-corrected chi connectivity index (χ1v) is 7.96. The molecule has 1 aromatic heterocycles. The minimum absolute atomic E-state index is 0.00278. The molecule has 0 atom stereocenters. The number of benzene rings is 1. The first-order chi connectivity index (χ1) is 10.1. The van der Waals surface area contributed by atoms with Gasteiger partial charge in [-0.25, -0.2) is 4.68 Å². The molecule has 0 spiro atoms. The summed E-state index contributed by atoms with van der Waals surface area (Å²) in [5, 5.41) is 7.47. The summed E-state index contributed by atoms with van der Waals surface area (Å²) in [6, 6.07) is 7.56. The maximum Gasteiger partial charge on any atom is 0.251 e. The van der Waals surface area contributed by atoms with Crippen molar-refractivity contribution in [2.45, 2.75) is 26.7 Å². The standard InChI is InChI=1S/C16H18BrN3O/c1-10-15(17)11(2)20(19-10)14-7-5-13(6-8-14)16(21)18-9-12-3-4-12/h5-8,12H,3-4,9H2,1-2H3,(H,18,21). The Hall–Kier alpha value is -1.62. The predicted molar refractivity (Wildman–Crippen MR) is 85.8 cm³/mol. The number of amides is 1. The summed E-state index contributed by atoms with van der Waals surface area (Å²) in [7, 11) is 0. The van der Waals surface area contributed by atoms with E-state index in [0.717, 1.165) is 28.1 Å². The average Bonchev–Trinajstić information content (AvgIpc) is 3.29. The zero-order valence-corrected chi connectivity index (χ0v) is 13.8. The second-order valence-corrected chi connectivity index (χ2v) is 6.39. The summed E-state index contributed by atoms with van der Waals surface area (Å²) in [6.45, 7) is 4.78. The summed E-state index contributed by atoms with van der Waals surface area (Å²) in [5.41, 5.74) is 3.66. The zero-order valence-electron chi connectivity index (χ0n) is 12.2. The van der Waals surface area contributed by atoms with Gasteiger partial charge >= 0.3 is 0 Å². The Labute approximate surface area is 132 Å². The molecule has 21 heavy (non-hydrogen) atoms. The summed E-state index contributed by atoms with van der Waals surface area (Å²) in [5.74, 6) is 0.697. The minimum Gasteiger partial charge on any atom is -0.352 e. The number of rotatable bonds is 4. The maximum atomic E-state index is 12.0. The van der Waals surface area contributed by atoms with Crippen molar-refractivity contribution in [1.29, 1.82) is 0 Å². The molecule has 1 fully saturated rings. The normalized spacial score (nSPS) is 14.2. The van der Waals surface area contributed by atoms with E-state index < -0.39 is 0 Å². The summed E-state index contributed by atoms with van der Waals surface area (Å²) < 4.78 is 2.90. The Balaban J connectivity index is 1.76. The number of hydrogen-bond donors (Lipinski definition) is 1. The second kappa shape index (κ2) is 5.64. The van der Waals surface area contributed by atoms with Crippen molar-refractivity contribution in [3.63, 3.8) is 0 Å². The van der Waals surface area contributed by atoms with E-state index in [1.54, 1.807) is 0 Å². The molecule has 1 saturated carbocycles. The molecule has 4 nitrogen and oxygen atoms in total. The second-order valence-electron chi connectivity index (χ2n) is 5.60. The van der Waals surface area contributed by atoms with E-state index in [0.29, 0.717) is 11.5 Å². The van der Waals surface area contributed by atoms with Gasteiger partial charge in [0, 0.05) is 12.1 Å². The minimum atomic E-state index is 0.00278. The van der Waals surface area contributed by atoms with Crippen LogP contribution in [0.25, 0.3) is 5.69 Å². The highest BCUT2D eigenvalue weighted by Crippen LogP contribution is 2.27. The quantitative estimate of drug-likeness (QED) is 0.921. The number of aryl methyl sites for hydroxylation is 1. The summed E-state index contributed by atoms with van der Waals surface area (Å²) >= 11 is 3.53. The van der Waals surface area contributed by atoms with E-state index in [1.807, 2.05) is 42.8 Å². The number of carbonyl (C=O) groups excluding carboxylic acids is 1. The Morgan fingerprint density at radius 3 is 2.52 bits per heavy atom. The molecule has 110 valence electrons. The monoisotopic (exact) mass is 347 g/mol. The Kier molecular flexibility index (Phi) is 3.85. The molecule has 0 unspecified atom stereocenters. The molecule has 0 saturated heterocycles. The largest absolute Gasteiger partial charge is 0.352 e. The molecular formula is C16H18BrN3O. The van der Waals surface area contributed by atoms with E-state index in [-0.39, 0.29) is 5.91 Å². The lowest BCUT2D eigenvalue weighted by atomic mass is 10.2. The van der Waals surface area contributed by atoms with Gasteiger partial charge in [0.15, 0.2) is 0 Å². The Bertz CT molecular complexity index is 672. The van der Waals surface area contributed by atoms with E-state index in [2.05, 4.69) is 26.3 Å². The highest BCUT2D eigenvalue weighted by atomic mass is 79.9. The molecule has 0 bridgehead atoms. The molecular weight excluding hydrogens is 330 g/mol. The number of aromatic nitrogens is 2. The smallest absolute Gasteiger partial charge is 0.251 e. The molecule has 2 aromatic rings. The van der Waals surface area contributed by atoms with E-state index >= 15 is 0 Å². The van der Waals surface area contributed by atoms with E-state index in [1.165, 1.54) is 12.8 Å². The maximum absolute atomic E-state index is 12.0. The van der Waals surface area contributed by atoms with E-state index in [9.17, 15) is 4.79 Å². The van der Waals surface area contributed by atoms with Crippen LogP contribution in [0.2, 0.25) is 0 Å². The zero-order chi connectivity index (χ0) is 15.0. The van der Waals surface area contributed by atoms with Crippen LogP contribution in [0.4, 0.5) is 0 Å². The van der Waals surface area contributed by atoms with Crippen molar-refractivity contribution in [3.8, 4) is 5.69 Å². The lowest BCUT2D eigenvalue weighted by molar-refractivity contribution is 0.0952. The van der Waals surface area contributed by atoms with Crippen LogP contribution in [0.15, 0.2) is 28.7 Å². The van der Waals surface area contributed by atoms with Gasteiger partial charge in [0.2, 0.25) is 0 Å². The third-order valence-electron chi connectivity index (χ3n) is 3.83. The fraction of sp³-hybridized carbons (Fsp3) is 0.375. The average molecular weight is 348 g/mol. The van der Waals surface area contributed by atoms with Crippen LogP contribution in [0.3, 0.4) is 0 Å². The highest BCUT2D eigenvalue weighted by Gasteiger charge is 2.21. The molecule has 0 aliphatic heterocycles. The number of halogens is 1. The highest BCUT2D eigenvalue weighted by molar-refractivity contribution is 9.10.